The Bertz CT molecular complexity index is 551. The van der Waals surface area contributed by atoms with E-state index in [1.54, 1.807) is 0 Å². The normalized spacial score (nSPS) is 14.5. The Morgan fingerprint density at radius 1 is 1.33 bits per heavy atom. The van der Waals surface area contributed by atoms with Gasteiger partial charge in [-0.2, -0.15) is 0 Å². The minimum atomic E-state index is 0.810. The first kappa shape index (κ1) is 8.72. The zero-order chi connectivity index (χ0) is 10.4. The van der Waals surface area contributed by atoms with Gasteiger partial charge in [-0.3, -0.25) is 4.79 Å². The summed E-state index contributed by atoms with van der Waals surface area (Å²) in [5.74, 6) is 0. The first-order chi connectivity index (χ1) is 7.33. The summed E-state index contributed by atoms with van der Waals surface area (Å²) in [5, 5.41) is 1.27. The highest BCUT2D eigenvalue weighted by molar-refractivity contribution is 5.98. The first-order valence-corrected chi connectivity index (χ1v) is 5.37. The number of carbonyl (C=O) groups excluding carboxylic acids is 1. The van der Waals surface area contributed by atoms with Crippen LogP contribution in [0.3, 0.4) is 0 Å². The lowest BCUT2D eigenvalue weighted by molar-refractivity contribution is 0.112. The summed E-state index contributed by atoms with van der Waals surface area (Å²) < 4.78 is 2.20. The molecule has 3 rings (SSSR count). The van der Waals surface area contributed by atoms with Crippen molar-refractivity contribution in [2.45, 2.75) is 19.3 Å². The van der Waals surface area contributed by atoms with Crippen LogP contribution in [0, 0.1) is 0 Å². The van der Waals surface area contributed by atoms with Crippen LogP contribution >= 0.6 is 0 Å². The van der Waals surface area contributed by atoms with Crippen LogP contribution in [0.15, 0.2) is 18.2 Å². The van der Waals surface area contributed by atoms with E-state index in [1.807, 2.05) is 12.1 Å². The molecule has 1 aliphatic carbocycles. The van der Waals surface area contributed by atoms with Gasteiger partial charge in [-0.1, -0.05) is 12.1 Å². The molecule has 76 valence electrons. The number of aromatic nitrogens is 1. The van der Waals surface area contributed by atoms with Crippen LogP contribution in [-0.2, 0) is 19.9 Å². The molecule has 15 heavy (non-hydrogen) atoms. The molecule has 0 saturated carbocycles. The molecule has 0 fully saturated rings. The summed E-state index contributed by atoms with van der Waals surface area (Å²) in [5.41, 5.74) is 4.79. The van der Waals surface area contributed by atoms with Crippen LogP contribution < -0.4 is 0 Å². The summed E-state index contributed by atoms with van der Waals surface area (Å²) in [4.78, 5) is 11.0. The minimum absolute atomic E-state index is 0.810. The molecule has 2 aromatic rings. The average Bonchev–Trinajstić information content (AvgIpc) is 2.83. The topological polar surface area (TPSA) is 22.0 Å². The highest BCUT2D eigenvalue weighted by Gasteiger charge is 2.20. The Labute approximate surface area is 88.5 Å². The average molecular weight is 199 g/mol. The van der Waals surface area contributed by atoms with E-state index in [2.05, 4.69) is 17.7 Å². The lowest BCUT2D eigenvalue weighted by Gasteiger charge is -2.02. The number of hydrogen-bond donors (Lipinski definition) is 0. The smallest absolute Gasteiger partial charge is 0.152 e. The van der Waals surface area contributed by atoms with Gasteiger partial charge in [-0.05, 0) is 30.9 Å². The van der Waals surface area contributed by atoms with Crippen molar-refractivity contribution < 1.29 is 4.79 Å². The van der Waals surface area contributed by atoms with Crippen LogP contribution in [0.2, 0.25) is 0 Å². The highest BCUT2D eigenvalue weighted by Crippen LogP contribution is 2.33. The van der Waals surface area contributed by atoms with E-state index in [0.717, 1.165) is 30.2 Å². The number of rotatable bonds is 1. The Kier molecular flexibility index (Phi) is 1.72. The van der Waals surface area contributed by atoms with Gasteiger partial charge in [0, 0.05) is 23.7 Å². The standard InChI is InChI=1S/C13H13NO/c1-14-12-7-3-5-10(12)11-6-2-4-9(8-15)13(11)14/h2,4,6,8H,3,5,7H2,1H3. The van der Waals surface area contributed by atoms with Gasteiger partial charge in [0.25, 0.3) is 0 Å². The maximum atomic E-state index is 11.0. The van der Waals surface area contributed by atoms with Crippen molar-refractivity contribution in [3.05, 3.63) is 35.0 Å². The summed E-state index contributed by atoms with van der Waals surface area (Å²) in [7, 11) is 2.07. The fraction of sp³-hybridized carbons (Fsp3) is 0.308. The summed E-state index contributed by atoms with van der Waals surface area (Å²) in [6.07, 6.45) is 4.52. The van der Waals surface area contributed by atoms with E-state index in [-0.39, 0.29) is 0 Å². The molecule has 0 saturated heterocycles. The summed E-state index contributed by atoms with van der Waals surface area (Å²) in [6.45, 7) is 0. The van der Waals surface area contributed by atoms with E-state index >= 15 is 0 Å². The third kappa shape index (κ3) is 1.02. The quantitative estimate of drug-likeness (QED) is 0.647. The van der Waals surface area contributed by atoms with Gasteiger partial charge < -0.3 is 4.57 Å². The third-order valence-corrected chi connectivity index (χ3v) is 3.45. The molecule has 1 aromatic carbocycles. The number of benzene rings is 1. The summed E-state index contributed by atoms with van der Waals surface area (Å²) in [6, 6.07) is 6.00. The van der Waals surface area contributed by atoms with Crippen molar-refractivity contribution >= 4 is 17.2 Å². The van der Waals surface area contributed by atoms with Gasteiger partial charge in [0.15, 0.2) is 6.29 Å². The largest absolute Gasteiger partial charge is 0.347 e. The van der Waals surface area contributed by atoms with Crippen LogP contribution in [0.5, 0.6) is 0 Å². The second kappa shape index (κ2) is 2.96. The molecule has 0 aliphatic heterocycles. The molecule has 1 heterocycles. The van der Waals surface area contributed by atoms with E-state index in [9.17, 15) is 4.79 Å². The van der Waals surface area contributed by atoms with E-state index < -0.39 is 0 Å². The molecule has 0 N–H and O–H groups in total. The van der Waals surface area contributed by atoms with Crippen LogP contribution in [-0.4, -0.2) is 10.9 Å². The SMILES string of the molecule is Cn1c2c(c3cccc(C=O)c31)CCC2. The number of aryl methyl sites for hydroxylation is 2. The molecule has 0 spiro atoms. The Morgan fingerprint density at radius 2 is 2.20 bits per heavy atom. The number of carbonyl (C=O) groups is 1. The number of para-hydroxylation sites is 1. The van der Waals surface area contributed by atoms with Crippen molar-refractivity contribution in [2.24, 2.45) is 7.05 Å². The van der Waals surface area contributed by atoms with Crippen LogP contribution in [0.25, 0.3) is 10.9 Å². The molecule has 0 unspecified atom stereocenters. The summed E-state index contributed by atoms with van der Waals surface area (Å²) >= 11 is 0. The predicted octanol–water partition coefficient (Wildman–Crippen LogP) is 2.48. The predicted molar refractivity (Wildman–Crippen MR) is 60.3 cm³/mol. The Hall–Kier alpha value is -1.57. The van der Waals surface area contributed by atoms with E-state index in [4.69, 9.17) is 0 Å². The van der Waals surface area contributed by atoms with Gasteiger partial charge in [-0.25, -0.2) is 0 Å². The van der Waals surface area contributed by atoms with E-state index in [0.29, 0.717) is 0 Å². The molecule has 0 atom stereocenters. The van der Waals surface area contributed by atoms with Crippen molar-refractivity contribution in [2.75, 3.05) is 0 Å². The first-order valence-electron chi connectivity index (χ1n) is 5.37. The van der Waals surface area contributed by atoms with Gasteiger partial charge in [-0.15, -0.1) is 0 Å². The monoisotopic (exact) mass is 199 g/mol. The van der Waals surface area contributed by atoms with Gasteiger partial charge in [0.05, 0.1) is 5.52 Å². The van der Waals surface area contributed by atoms with Crippen molar-refractivity contribution in [3.8, 4) is 0 Å². The molecule has 1 aliphatic rings. The zero-order valence-corrected chi connectivity index (χ0v) is 8.79. The molecule has 0 bridgehead atoms. The Balaban J connectivity index is 2.49. The molecular weight excluding hydrogens is 186 g/mol. The van der Waals surface area contributed by atoms with Crippen LogP contribution in [0.4, 0.5) is 0 Å². The van der Waals surface area contributed by atoms with Gasteiger partial charge >= 0.3 is 0 Å². The lowest BCUT2D eigenvalue weighted by atomic mass is 10.1. The molecular formula is C13H13NO. The fourth-order valence-corrected chi connectivity index (χ4v) is 2.80. The molecule has 2 nitrogen and oxygen atoms in total. The maximum Gasteiger partial charge on any atom is 0.152 e. The van der Waals surface area contributed by atoms with Crippen molar-refractivity contribution in [3.63, 3.8) is 0 Å². The number of nitrogens with zero attached hydrogens (tertiary/aromatic N) is 1. The Morgan fingerprint density at radius 3 is 3.00 bits per heavy atom. The zero-order valence-electron chi connectivity index (χ0n) is 8.79. The minimum Gasteiger partial charge on any atom is -0.347 e. The number of aldehydes is 1. The van der Waals surface area contributed by atoms with Gasteiger partial charge in [0.1, 0.15) is 0 Å². The lowest BCUT2D eigenvalue weighted by Crippen LogP contribution is -1.96. The van der Waals surface area contributed by atoms with Crippen molar-refractivity contribution in [1.82, 2.24) is 4.57 Å². The molecule has 2 heteroatoms. The number of hydrogen-bond acceptors (Lipinski definition) is 1. The van der Waals surface area contributed by atoms with E-state index in [1.165, 1.54) is 23.1 Å². The number of fused-ring (bicyclic) bond motifs is 3. The van der Waals surface area contributed by atoms with Crippen molar-refractivity contribution in [1.29, 1.82) is 0 Å². The third-order valence-electron chi connectivity index (χ3n) is 3.45. The second-order valence-corrected chi connectivity index (χ2v) is 4.20. The highest BCUT2D eigenvalue weighted by atomic mass is 16.1. The molecule has 0 radical (unpaired) electrons. The second-order valence-electron chi connectivity index (χ2n) is 4.20. The fourth-order valence-electron chi connectivity index (χ4n) is 2.80. The maximum absolute atomic E-state index is 11.0. The van der Waals surface area contributed by atoms with Crippen LogP contribution in [0.1, 0.15) is 28.0 Å². The van der Waals surface area contributed by atoms with Gasteiger partial charge in [0.2, 0.25) is 0 Å². The molecule has 0 amide bonds. The molecule has 1 aromatic heterocycles.